The van der Waals surface area contributed by atoms with Crippen LogP contribution >= 0.6 is 0 Å². The van der Waals surface area contributed by atoms with E-state index in [0.29, 0.717) is 4.90 Å². The Hall–Kier alpha value is -1.13. The highest BCUT2D eigenvalue weighted by Gasteiger charge is 2.15. The molecule has 0 heterocycles. The molecule has 0 amide bonds. The lowest BCUT2D eigenvalue weighted by molar-refractivity contribution is 0.599. The molecule has 0 saturated heterocycles. The molecule has 1 atom stereocenters. The molecule has 0 aliphatic heterocycles. The molecular formula is C16H23NO2S. The molecule has 1 aromatic rings. The van der Waals surface area contributed by atoms with Gasteiger partial charge in [0.05, 0.1) is 10.9 Å². The van der Waals surface area contributed by atoms with E-state index in [4.69, 9.17) is 5.73 Å². The van der Waals surface area contributed by atoms with Gasteiger partial charge in [-0.1, -0.05) is 36.6 Å². The Morgan fingerprint density at radius 1 is 1.15 bits per heavy atom. The van der Waals surface area contributed by atoms with Crippen LogP contribution in [0.5, 0.6) is 0 Å². The summed E-state index contributed by atoms with van der Waals surface area (Å²) in [6.07, 6.45) is 10.5. The lowest BCUT2D eigenvalue weighted by Crippen LogP contribution is -2.14. The van der Waals surface area contributed by atoms with E-state index in [0.717, 1.165) is 18.4 Å². The Kier molecular flexibility index (Phi) is 5.00. The lowest BCUT2D eigenvalue weighted by Gasteiger charge is -2.19. The summed E-state index contributed by atoms with van der Waals surface area (Å²) in [5, 5.41) is 0. The van der Waals surface area contributed by atoms with Crippen molar-refractivity contribution in [1.82, 2.24) is 0 Å². The minimum absolute atomic E-state index is 0.185. The molecule has 1 aliphatic carbocycles. The molecule has 4 heteroatoms. The average molecular weight is 293 g/mol. The van der Waals surface area contributed by atoms with Gasteiger partial charge in [-0.15, -0.1) is 0 Å². The van der Waals surface area contributed by atoms with Crippen LogP contribution in [-0.4, -0.2) is 14.7 Å². The van der Waals surface area contributed by atoms with Crippen molar-refractivity contribution in [2.45, 2.75) is 49.5 Å². The molecule has 0 saturated carbocycles. The summed E-state index contributed by atoms with van der Waals surface area (Å²) in [5.41, 5.74) is 8.47. The second kappa shape index (κ2) is 6.55. The normalized spacial score (nSPS) is 21.4. The fourth-order valence-corrected chi connectivity index (χ4v) is 3.33. The van der Waals surface area contributed by atoms with E-state index in [2.05, 4.69) is 6.08 Å². The Morgan fingerprint density at radius 3 is 2.65 bits per heavy atom. The third kappa shape index (κ3) is 3.93. The zero-order chi connectivity index (χ0) is 14.6. The molecule has 0 aromatic heterocycles. The smallest absolute Gasteiger partial charge is 0.175 e. The van der Waals surface area contributed by atoms with Crippen molar-refractivity contribution >= 4 is 9.84 Å². The summed E-state index contributed by atoms with van der Waals surface area (Å²) in [6.45, 7) is 0. The molecule has 0 bridgehead atoms. The summed E-state index contributed by atoms with van der Waals surface area (Å²) in [7, 11) is -3.18. The minimum Gasteiger partial charge on any atom is -0.321 e. The number of nitrogens with two attached hydrogens (primary N) is 1. The van der Waals surface area contributed by atoms with Crippen molar-refractivity contribution in [3.8, 4) is 0 Å². The SMILES string of the molecule is CS(=O)(=O)c1cccc(C(N)/C2=C/CCCCCC2)c1. The maximum atomic E-state index is 11.6. The molecule has 1 unspecified atom stereocenters. The predicted molar refractivity (Wildman–Crippen MR) is 82.3 cm³/mol. The van der Waals surface area contributed by atoms with Crippen LogP contribution in [0.2, 0.25) is 0 Å². The highest BCUT2D eigenvalue weighted by Crippen LogP contribution is 2.28. The van der Waals surface area contributed by atoms with Gasteiger partial charge in [-0.05, 0) is 43.4 Å². The minimum atomic E-state index is -3.18. The van der Waals surface area contributed by atoms with Crippen molar-refractivity contribution in [3.05, 3.63) is 41.5 Å². The van der Waals surface area contributed by atoms with Crippen LogP contribution in [0.4, 0.5) is 0 Å². The van der Waals surface area contributed by atoms with Crippen molar-refractivity contribution in [1.29, 1.82) is 0 Å². The quantitative estimate of drug-likeness (QED) is 0.869. The molecular weight excluding hydrogens is 270 g/mol. The lowest BCUT2D eigenvalue weighted by atomic mass is 9.91. The van der Waals surface area contributed by atoms with Gasteiger partial charge in [-0.25, -0.2) is 8.42 Å². The van der Waals surface area contributed by atoms with E-state index in [1.54, 1.807) is 18.2 Å². The third-order valence-electron chi connectivity index (χ3n) is 3.87. The predicted octanol–water partition coefficient (Wildman–Crippen LogP) is 3.37. The van der Waals surface area contributed by atoms with Gasteiger partial charge in [-0.2, -0.15) is 0 Å². The highest BCUT2D eigenvalue weighted by atomic mass is 32.2. The molecule has 110 valence electrons. The van der Waals surface area contributed by atoms with Crippen LogP contribution in [-0.2, 0) is 9.84 Å². The summed E-state index contributed by atoms with van der Waals surface area (Å²) in [6, 6.07) is 6.83. The fraction of sp³-hybridized carbons (Fsp3) is 0.500. The fourth-order valence-electron chi connectivity index (χ4n) is 2.65. The van der Waals surface area contributed by atoms with Gasteiger partial charge in [0.25, 0.3) is 0 Å². The van der Waals surface area contributed by atoms with E-state index in [1.165, 1.54) is 37.5 Å². The van der Waals surface area contributed by atoms with E-state index in [9.17, 15) is 8.42 Å². The Labute approximate surface area is 121 Å². The van der Waals surface area contributed by atoms with Crippen LogP contribution in [0, 0.1) is 0 Å². The highest BCUT2D eigenvalue weighted by molar-refractivity contribution is 7.90. The van der Waals surface area contributed by atoms with E-state index in [-0.39, 0.29) is 6.04 Å². The first-order valence-electron chi connectivity index (χ1n) is 7.23. The molecule has 3 nitrogen and oxygen atoms in total. The standard InChI is InChI=1S/C16H23NO2S/c1-20(18,19)15-11-7-10-14(12-15)16(17)13-8-5-3-2-4-6-9-13/h7-8,10-12,16H,2-6,9,17H2,1H3/b13-8+. The Balaban J connectivity index is 2.26. The molecule has 20 heavy (non-hydrogen) atoms. The number of allylic oxidation sites excluding steroid dienone is 1. The maximum Gasteiger partial charge on any atom is 0.175 e. The number of sulfone groups is 1. The molecule has 0 fully saturated rings. The van der Waals surface area contributed by atoms with Gasteiger partial charge in [0, 0.05) is 6.26 Å². The maximum absolute atomic E-state index is 11.6. The summed E-state index contributed by atoms with van der Waals surface area (Å²) >= 11 is 0. The number of benzene rings is 1. The molecule has 1 aromatic carbocycles. The number of hydrogen-bond donors (Lipinski definition) is 1. The van der Waals surface area contributed by atoms with Crippen molar-refractivity contribution in [3.63, 3.8) is 0 Å². The zero-order valence-electron chi connectivity index (χ0n) is 12.0. The Morgan fingerprint density at radius 2 is 1.90 bits per heavy atom. The van der Waals surface area contributed by atoms with E-state index in [1.807, 2.05) is 6.07 Å². The van der Waals surface area contributed by atoms with E-state index >= 15 is 0 Å². The van der Waals surface area contributed by atoms with Gasteiger partial charge in [0.1, 0.15) is 0 Å². The van der Waals surface area contributed by atoms with Crippen molar-refractivity contribution in [2.75, 3.05) is 6.26 Å². The summed E-state index contributed by atoms with van der Waals surface area (Å²) in [5.74, 6) is 0. The molecule has 1 aliphatic rings. The summed E-state index contributed by atoms with van der Waals surface area (Å²) < 4.78 is 23.3. The number of rotatable bonds is 3. The van der Waals surface area contributed by atoms with Crippen LogP contribution < -0.4 is 5.73 Å². The number of hydrogen-bond acceptors (Lipinski definition) is 3. The van der Waals surface area contributed by atoms with Crippen molar-refractivity contribution < 1.29 is 8.42 Å². The zero-order valence-corrected chi connectivity index (χ0v) is 12.8. The summed E-state index contributed by atoms with van der Waals surface area (Å²) in [4.78, 5) is 0.344. The van der Waals surface area contributed by atoms with Crippen LogP contribution in [0.1, 0.15) is 50.1 Å². The van der Waals surface area contributed by atoms with Gasteiger partial charge in [-0.3, -0.25) is 0 Å². The largest absolute Gasteiger partial charge is 0.321 e. The first-order chi connectivity index (χ1) is 9.48. The average Bonchev–Trinajstić information content (AvgIpc) is 2.37. The topological polar surface area (TPSA) is 60.2 Å². The molecule has 2 N–H and O–H groups in total. The van der Waals surface area contributed by atoms with Crippen LogP contribution in [0.3, 0.4) is 0 Å². The van der Waals surface area contributed by atoms with Crippen molar-refractivity contribution in [2.24, 2.45) is 5.73 Å². The Bertz CT molecular complexity index is 590. The second-order valence-corrected chi connectivity index (χ2v) is 7.57. The van der Waals surface area contributed by atoms with Gasteiger partial charge >= 0.3 is 0 Å². The molecule has 0 spiro atoms. The second-order valence-electron chi connectivity index (χ2n) is 5.55. The molecule has 0 radical (unpaired) electrons. The monoisotopic (exact) mass is 293 g/mol. The van der Waals surface area contributed by atoms with E-state index < -0.39 is 9.84 Å². The molecule has 2 rings (SSSR count). The van der Waals surface area contributed by atoms with Crippen LogP contribution in [0.15, 0.2) is 40.8 Å². The third-order valence-corrected chi connectivity index (χ3v) is 4.98. The van der Waals surface area contributed by atoms with Crippen LogP contribution in [0.25, 0.3) is 0 Å². The van der Waals surface area contributed by atoms with Gasteiger partial charge < -0.3 is 5.73 Å². The van der Waals surface area contributed by atoms with Gasteiger partial charge in [0.2, 0.25) is 0 Å². The first kappa shape index (κ1) is 15.3. The first-order valence-corrected chi connectivity index (χ1v) is 9.12. The van der Waals surface area contributed by atoms with Gasteiger partial charge in [0.15, 0.2) is 9.84 Å².